The molecule has 0 radical (unpaired) electrons. The van der Waals surface area contributed by atoms with E-state index in [-0.39, 0.29) is 5.97 Å². The lowest BCUT2D eigenvalue weighted by atomic mass is 9.92. The van der Waals surface area contributed by atoms with Crippen molar-refractivity contribution in [3.63, 3.8) is 0 Å². The third-order valence-corrected chi connectivity index (χ3v) is 3.28. The molecule has 0 spiro atoms. The topological polar surface area (TPSA) is 41.6 Å². The van der Waals surface area contributed by atoms with Crippen LogP contribution in [0.3, 0.4) is 0 Å². The van der Waals surface area contributed by atoms with Gasteiger partial charge < -0.3 is 10.1 Å². The zero-order valence-electron chi connectivity index (χ0n) is 10.9. The number of nitrogens with zero attached hydrogens (tertiary/aromatic N) is 1. The molecule has 0 aliphatic carbocycles. The Morgan fingerprint density at radius 2 is 2.25 bits per heavy atom. The highest BCUT2D eigenvalue weighted by Crippen LogP contribution is 2.25. The lowest BCUT2D eigenvalue weighted by molar-refractivity contribution is -0.151. The van der Waals surface area contributed by atoms with Crippen molar-refractivity contribution in [3.05, 3.63) is 0 Å². The zero-order valence-corrected chi connectivity index (χ0v) is 10.9. The molecule has 1 heterocycles. The molecule has 0 amide bonds. The van der Waals surface area contributed by atoms with Gasteiger partial charge in [0.1, 0.15) is 0 Å². The van der Waals surface area contributed by atoms with E-state index in [1.165, 1.54) is 20.0 Å². The first kappa shape index (κ1) is 13.5. The zero-order chi connectivity index (χ0) is 12.2. The SMILES string of the molecule is CNCC1CCCN1CC(C)(C)C(=O)OC. The van der Waals surface area contributed by atoms with E-state index in [1.54, 1.807) is 0 Å². The summed E-state index contributed by atoms with van der Waals surface area (Å²) in [6.07, 6.45) is 2.45. The lowest BCUT2D eigenvalue weighted by Crippen LogP contribution is -2.44. The third kappa shape index (κ3) is 3.19. The number of likely N-dealkylation sites (tertiary alicyclic amines) is 1. The number of carbonyl (C=O) groups is 1. The van der Waals surface area contributed by atoms with Gasteiger partial charge in [-0.3, -0.25) is 9.69 Å². The van der Waals surface area contributed by atoms with Crippen LogP contribution in [0.1, 0.15) is 26.7 Å². The number of nitrogens with one attached hydrogen (secondary N) is 1. The van der Waals surface area contributed by atoms with Crippen molar-refractivity contribution < 1.29 is 9.53 Å². The van der Waals surface area contributed by atoms with Crippen molar-refractivity contribution in [2.24, 2.45) is 5.41 Å². The monoisotopic (exact) mass is 228 g/mol. The largest absolute Gasteiger partial charge is 0.469 e. The summed E-state index contributed by atoms with van der Waals surface area (Å²) in [5, 5.41) is 3.21. The van der Waals surface area contributed by atoms with Crippen LogP contribution in [0.5, 0.6) is 0 Å². The van der Waals surface area contributed by atoms with E-state index in [0.717, 1.165) is 19.6 Å². The summed E-state index contributed by atoms with van der Waals surface area (Å²) in [5.41, 5.74) is -0.412. The quantitative estimate of drug-likeness (QED) is 0.709. The fraction of sp³-hybridized carbons (Fsp3) is 0.917. The number of carbonyl (C=O) groups excluding carboxylic acids is 1. The van der Waals surface area contributed by atoms with E-state index < -0.39 is 5.41 Å². The van der Waals surface area contributed by atoms with Gasteiger partial charge in [-0.1, -0.05) is 0 Å². The molecule has 0 aromatic carbocycles. The summed E-state index contributed by atoms with van der Waals surface area (Å²) in [5.74, 6) is -0.123. The molecule has 1 N–H and O–H groups in total. The standard InChI is InChI=1S/C12H24N2O2/c1-12(2,11(15)16-4)9-14-7-5-6-10(14)8-13-3/h10,13H,5-9H2,1-4H3. The Bertz CT molecular complexity index is 241. The molecule has 1 atom stereocenters. The predicted octanol–water partition coefficient (Wildman–Crippen LogP) is 0.869. The van der Waals surface area contributed by atoms with Gasteiger partial charge in [0, 0.05) is 19.1 Å². The Labute approximate surface area is 98.3 Å². The van der Waals surface area contributed by atoms with Crippen LogP contribution in [0.2, 0.25) is 0 Å². The minimum atomic E-state index is -0.412. The Balaban J connectivity index is 2.55. The van der Waals surface area contributed by atoms with Gasteiger partial charge in [0.15, 0.2) is 0 Å². The number of ether oxygens (including phenoxy) is 1. The van der Waals surface area contributed by atoms with Crippen molar-refractivity contribution in [3.8, 4) is 0 Å². The molecule has 1 aliphatic heterocycles. The van der Waals surface area contributed by atoms with E-state index in [0.29, 0.717) is 6.04 Å². The van der Waals surface area contributed by atoms with Gasteiger partial charge in [-0.25, -0.2) is 0 Å². The van der Waals surface area contributed by atoms with Gasteiger partial charge in [0.25, 0.3) is 0 Å². The van der Waals surface area contributed by atoms with E-state index in [4.69, 9.17) is 4.74 Å². The van der Waals surface area contributed by atoms with Crippen molar-refractivity contribution >= 4 is 5.97 Å². The van der Waals surface area contributed by atoms with Crippen molar-refractivity contribution in [2.45, 2.75) is 32.7 Å². The molecule has 1 fully saturated rings. The molecule has 0 aromatic heterocycles. The van der Waals surface area contributed by atoms with Crippen LogP contribution in [0.15, 0.2) is 0 Å². The molecular weight excluding hydrogens is 204 g/mol. The smallest absolute Gasteiger partial charge is 0.312 e. The second-order valence-electron chi connectivity index (χ2n) is 5.20. The molecule has 1 saturated heterocycles. The van der Waals surface area contributed by atoms with Gasteiger partial charge in [-0.2, -0.15) is 0 Å². The number of hydrogen-bond acceptors (Lipinski definition) is 4. The molecule has 0 bridgehead atoms. The van der Waals surface area contributed by atoms with Crippen molar-refractivity contribution in [2.75, 3.05) is 33.8 Å². The summed E-state index contributed by atoms with van der Waals surface area (Å²) >= 11 is 0. The van der Waals surface area contributed by atoms with Crippen LogP contribution >= 0.6 is 0 Å². The van der Waals surface area contributed by atoms with Crippen LogP contribution in [0, 0.1) is 5.41 Å². The summed E-state index contributed by atoms with van der Waals surface area (Å²) in [6.45, 7) is 6.78. The Morgan fingerprint density at radius 1 is 1.56 bits per heavy atom. The Kier molecular flexibility index (Phi) is 4.74. The summed E-state index contributed by atoms with van der Waals surface area (Å²) in [4.78, 5) is 14.0. The number of hydrogen-bond donors (Lipinski definition) is 1. The molecule has 94 valence electrons. The van der Waals surface area contributed by atoms with Crippen LogP contribution in [-0.2, 0) is 9.53 Å². The van der Waals surface area contributed by atoms with Crippen LogP contribution in [-0.4, -0.2) is 50.7 Å². The van der Waals surface area contributed by atoms with Crippen LogP contribution in [0.25, 0.3) is 0 Å². The van der Waals surface area contributed by atoms with E-state index in [9.17, 15) is 4.79 Å². The van der Waals surface area contributed by atoms with Gasteiger partial charge in [0.05, 0.1) is 12.5 Å². The number of esters is 1. The molecule has 1 aliphatic rings. The maximum absolute atomic E-state index is 11.6. The van der Waals surface area contributed by atoms with Crippen molar-refractivity contribution in [1.29, 1.82) is 0 Å². The molecule has 0 saturated carbocycles. The summed E-state index contributed by atoms with van der Waals surface area (Å²) < 4.78 is 4.84. The number of rotatable bonds is 5. The van der Waals surface area contributed by atoms with Crippen molar-refractivity contribution in [1.82, 2.24) is 10.2 Å². The highest BCUT2D eigenvalue weighted by Gasteiger charge is 2.35. The average Bonchev–Trinajstić information content (AvgIpc) is 2.64. The summed E-state index contributed by atoms with van der Waals surface area (Å²) in [7, 11) is 3.43. The van der Waals surface area contributed by atoms with Gasteiger partial charge in [-0.05, 0) is 40.3 Å². The minimum Gasteiger partial charge on any atom is -0.469 e. The molecule has 1 rings (SSSR count). The van der Waals surface area contributed by atoms with Gasteiger partial charge in [-0.15, -0.1) is 0 Å². The molecule has 4 nitrogen and oxygen atoms in total. The lowest BCUT2D eigenvalue weighted by Gasteiger charge is -2.31. The van der Waals surface area contributed by atoms with Gasteiger partial charge in [0.2, 0.25) is 0 Å². The molecule has 1 unspecified atom stereocenters. The van der Waals surface area contributed by atoms with Crippen LogP contribution in [0.4, 0.5) is 0 Å². The van der Waals surface area contributed by atoms with E-state index in [1.807, 2.05) is 20.9 Å². The number of methoxy groups -OCH3 is 1. The molecule has 4 heteroatoms. The molecule has 0 aromatic rings. The highest BCUT2D eigenvalue weighted by atomic mass is 16.5. The fourth-order valence-corrected chi connectivity index (χ4v) is 2.42. The molecular formula is C12H24N2O2. The van der Waals surface area contributed by atoms with E-state index in [2.05, 4.69) is 10.2 Å². The maximum atomic E-state index is 11.6. The Morgan fingerprint density at radius 3 is 2.81 bits per heavy atom. The minimum absolute atomic E-state index is 0.123. The number of likely N-dealkylation sites (N-methyl/N-ethyl adjacent to an activating group) is 1. The maximum Gasteiger partial charge on any atom is 0.312 e. The average molecular weight is 228 g/mol. The first-order chi connectivity index (χ1) is 7.51. The molecule has 16 heavy (non-hydrogen) atoms. The predicted molar refractivity (Wildman–Crippen MR) is 64.3 cm³/mol. The second kappa shape index (κ2) is 5.64. The summed E-state index contributed by atoms with van der Waals surface area (Å²) in [6, 6.07) is 0.564. The third-order valence-electron chi connectivity index (χ3n) is 3.28. The second-order valence-corrected chi connectivity index (χ2v) is 5.20. The first-order valence-electron chi connectivity index (χ1n) is 5.98. The highest BCUT2D eigenvalue weighted by molar-refractivity contribution is 5.76. The van der Waals surface area contributed by atoms with E-state index >= 15 is 0 Å². The fourth-order valence-electron chi connectivity index (χ4n) is 2.42. The van der Waals surface area contributed by atoms with Crippen LogP contribution < -0.4 is 5.32 Å². The Hall–Kier alpha value is -0.610. The van der Waals surface area contributed by atoms with Gasteiger partial charge >= 0.3 is 5.97 Å². The first-order valence-corrected chi connectivity index (χ1v) is 5.98. The normalized spacial score (nSPS) is 22.4.